The summed E-state index contributed by atoms with van der Waals surface area (Å²) in [4.78, 5) is 5.97. The van der Waals surface area contributed by atoms with Gasteiger partial charge in [0, 0.05) is 15.5 Å². The topological polar surface area (TPSA) is 38.9 Å². The zero-order valence-corrected chi connectivity index (χ0v) is 15.3. The Morgan fingerprint density at radius 2 is 2.00 bits per heavy atom. The van der Waals surface area contributed by atoms with Gasteiger partial charge in [-0.15, -0.1) is 11.3 Å². The van der Waals surface area contributed by atoms with Gasteiger partial charge in [0.2, 0.25) is 5.82 Å². The second-order valence-corrected chi connectivity index (χ2v) is 7.87. The third-order valence-corrected chi connectivity index (χ3v) is 6.02. The van der Waals surface area contributed by atoms with Crippen molar-refractivity contribution in [3.63, 3.8) is 0 Å². The van der Waals surface area contributed by atoms with E-state index in [4.69, 9.17) is 16.1 Å². The summed E-state index contributed by atoms with van der Waals surface area (Å²) in [5.74, 6) is 2.46. The highest BCUT2D eigenvalue weighted by Crippen LogP contribution is 2.38. The predicted octanol–water partition coefficient (Wildman–Crippen LogP) is 6.44. The molecule has 3 nitrogen and oxygen atoms in total. The molecule has 0 atom stereocenters. The van der Waals surface area contributed by atoms with Crippen molar-refractivity contribution in [2.75, 3.05) is 0 Å². The molecule has 0 N–H and O–H groups in total. The van der Waals surface area contributed by atoms with Gasteiger partial charge in [-0.2, -0.15) is 4.98 Å². The Morgan fingerprint density at radius 1 is 1.12 bits per heavy atom. The van der Waals surface area contributed by atoms with E-state index < -0.39 is 0 Å². The van der Waals surface area contributed by atoms with Gasteiger partial charge in [-0.1, -0.05) is 41.0 Å². The molecule has 2 aromatic heterocycles. The molecule has 1 aliphatic carbocycles. The zero-order chi connectivity index (χ0) is 17.1. The summed E-state index contributed by atoms with van der Waals surface area (Å²) in [5.41, 5.74) is 0.868. The third kappa shape index (κ3) is 4.02. The average molecular weight is 371 g/mol. The molecule has 0 saturated heterocycles. The molecule has 3 aromatic rings. The molecular weight excluding hydrogens is 352 g/mol. The SMILES string of the molecule is Clc1cccc(-c2noc(C=CC3CCC(c4cccs4)CC3)n2)c1. The highest BCUT2D eigenvalue weighted by molar-refractivity contribution is 7.10. The predicted molar refractivity (Wildman–Crippen MR) is 103 cm³/mol. The van der Waals surface area contributed by atoms with Gasteiger partial charge in [0.05, 0.1) is 0 Å². The van der Waals surface area contributed by atoms with Crippen molar-refractivity contribution in [3.8, 4) is 11.4 Å². The molecule has 0 spiro atoms. The first-order valence-electron chi connectivity index (χ1n) is 8.59. The van der Waals surface area contributed by atoms with E-state index in [1.807, 2.05) is 41.7 Å². The Bertz CT molecular complexity index is 848. The van der Waals surface area contributed by atoms with Crippen LogP contribution < -0.4 is 0 Å². The van der Waals surface area contributed by atoms with Crippen LogP contribution in [0.2, 0.25) is 5.02 Å². The molecule has 1 aliphatic rings. The van der Waals surface area contributed by atoms with Crippen LogP contribution in [-0.2, 0) is 0 Å². The summed E-state index contributed by atoms with van der Waals surface area (Å²) in [6, 6.07) is 11.9. The van der Waals surface area contributed by atoms with Crippen molar-refractivity contribution in [1.82, 2.24) is 10.1 Å². The van der Waals surface area contributed by atoms with Gasteiger partial charge in [0.1, 0.15) is 0 Å². The smallest absolute Gasteiger partial charge is 0.250 e. The van der Waals surface area contributed by atoms with Crippen LogP contribution in [0.15, 0.2) is 52.4 Å². The Kier molecular flexibility index (Phi) is 4.99. The standard InChI is InChI=1S/C20H19ClN2OS/c21-17-4-1-3-16(13-17)20-22-19(24-23-20)11-8-14-6-9-15(10-7-14)18-5-2-12-25-18/h1-5,8,11-15H,6-7,9-10H2. The maximum Gasteiger partial charge on any atom is 0.250 e. The Labute approximate surface area is 156 Å². The van der Waals surface area contributed by atoms with E-state index in [1.54, 1.807) is 0 Å². The van der Waals surface area contributed by atoms with Crippen LogP contribution in [0.4, 0.5) is 0 Å². The lowest BCUT2D eigenvalue weighted by molar-refractivity contribution is 0.378. The molecule has 25 heavy (non-hydrogen) atoms. The number of hydrogen-bond donors (Lipinski definition) is 0. The van der Waals surface area contributed by atoms with Crippen molar-refractivity contribution >= 4 is 29.0 Å². The maximum atomic E-state index is 6.01. The van der Waals surface area contributed by atoms with Crippen molar-refractivity contribution in [2.24, 2.45) is 5.92 Å². The number of hydrogen-bond acceptors (Lipinski definition) is 4. The summed E-state index contributed by atoms with van der Waals surface area (Å²) in [5, 5.41) is 6.89. The van der Waals surface area contributed by atoms with E-state index in [2.05, 4.69) is 33.7 Å². The molecular formula is C20H19ClN2OS. The molecule has 5 heteroatoms. The van der Waals surface area contributed by atoms with Crippen molar-refractivity contribution < 1.29 is 4.52 Å². The van der Waals surface area contributed by atoms with Gasteiger partial charge in [-0.25, -0.2) is 0 Å². The quantitative estimate of drug-likeness (QED) is 0.530. The number of benzene rings is 1. The third-order valence-electron chi connectivity index (χ3n) is 4.75. The van der Waals surface area contributed by atoms with E-state index in [0.29, 0.717) is 22.7 Å². The van der Waals surface area contributed by atoms with E-state index >= 15 is 0 Å². The van der Waals surface area contributed by atoms with Crippen LogP contribution in [-0.4, -0.2) is 10.1 Å². The van der Waals surface area contributed by atoms with Crippen molar-refractivity contribution in [1.29, 1.82) is 0 Å². The fraction of sp³-hybridized carbons (Fsp3) is 0.300. The molecule has 1 saturated carbocycles. The zero-order valence-electron chi connectivity index (χ0n) is 13.8. The first kappa shape index (κ1) is 16.6. The molecule has 0 radical (unpaired) electrons. The Balaban J connectivity index is 1.37. The minimum atomic E-state index is 0.551. The van der Waals surface area contributed by atoms with E-state index in [1.165, 1.54) is 30.6 Å². The molecule has 0 amide bonds. The van der Waals surface area contributed by atoms with Gasteiger partial charge in [0.25, 0.3) is 5.89 Å². The molecule has 0 unspecified atom stereocenters. The molecule has 128 valence electrons. The minimum Gasteiger partial charge on any atom is -0.334 e. The summed E-state index contributed by atoms with van der Waals surface area (Å²) in [6.45, 7) is 0. The lowest BCUT2D eigenvalue weighted by atomic mass is 9.81. The lowest BCUT2D eigenvalue weighted by Gasteiger charge is -2.25. The van der Waals surface area contributed by atoms with Gasteiger partial charge in [-0.05, 0) is 67.2 Å². The second-order valence-electron chi connectivity index (χ2n) is 6.45. The van der Waals surface area contributed by atoms with Crippen LogP contribution in [0.1, 0.15) is 42.4 Å². The molecule has 2 heterocycles. The van der Waals surface area contributed by atoms with Gasteiger partial charge >= 0.3 is 0 Å². The summed E-state index contributed by atoms with van der Waals surface area (Å²) in [6.07, 6.45) is 9.13. The summed E-state index contributed by atoms with van der Waals surface area (Å²) in [7, 11) is 0. The average Bonchev–Trinajstić information content (AvgIpc) is 3.32. The molecule has 0 aliphatic heterocycles. The molecule has 4 rings (SSSR count). The fourth-order valence-corrected chi connectivity index (χ4v) is 4.48. The summed E-state index contributed by atoms with van der Waals surface area (Å²) >= 11 is 7.90. The largest absolute Gasteiger partial charge is 0.334 e. The van der Waals surface area contributed by atoms with Crippen LogP contribution >= 0.6 is 22.9 Å². The number of aromatic nitrogens is 2. The number of thiophene rings is 1. The Hall–Kier alpha value is -1.91. The first-order chi connectivity index (χ1) is 12.3. The van der Waals surface area contributed by atoms with E-state index in [9.17, 15) is 0 Å². The van der Waals surface area contributed by atoms with E-state index in [0.717, 1.165) is 11.5 Å². The van der Waals surface area contributed by atoms with Crippen LogP contribution in [0, 0.1) is 5.92 Å². The lowest BCUT2D eigenvalue weighted by Crippen LogP contribution is -2.10. The highest BCUT2D eigenvalue weighted by atomic mass is 35.5. The van der Waals surface area contributed by atoms with Crippen LogP contribution in [0.5, 0.6) is 0 Å². The second kappa shape index (κ2) is 7.54. The van der Waals surface area contributed by atoms with Gasteiger partial charge < -0.3 is 4.52 Å². The molecule has 1 fully saturated rings. The highest BCUT2D eigenvalue weighted by Gasteiger charge is 2.21. The number of allylic oxidation sites excluding steroid dienone is 1. The fourth-order valence-electron chi connectivity index (χ4n) is 3.39. The minimum absolute atomic E-state index is 0.551. The number of nitrogens with zero attached hydrogens (tertiary/aromatic N) is 2. The van der Waals surface area contributed by atoms with Crippen molar-refractivity contribution in [3.05, 3.63) is 63.6 Å². The van der Waals surface area contributed by atoms with Crippen LogP contribution in [0.25, 0.3) is 17.5 Å². The van der Waals surface area contributed by atoms with Crippen LogP contribution in [0.3, 0.4) is 0 Å². The van der Waals surface area contributed by atoms with Gasteiger partial charge in [0.15, 0.2) is 0 Å². The number of rotatable bonds is 4. The van der Waals surface area contributed by atoms with E-state index in [-0.39, 0.29) is 0 Å². The number of halogens is 1. The van der Waals surface area contributed by atoms with Gasteiger partial charge in [-0.3, -0.25) is 0 Å². The molecule has 0 bridgehead atoms. The first-order valence-corrected chi connectivity index (χ1v) is 9.85. The normalized spacial score (nSPS) is 21.0. The molecule has 1 aromatic carbocycles. The van der Waals surface area contributed by atoms with Crippen molar-refractivity contribution in [2.45, 2.75) is 31.6 Å². The Morgan fingerprint density at radius 3 is 2.76 bits per heavy atom. The summed E-state index contributed by atoms with van der Waals surface area (Å²) < 4.78 is 5.34. The monoisotopic (exact) mass is 370 g/mol. The maximum absolute atomic E-state index is 6.01.